The first-order valence-electron chi connectivity index (χ1n) is 10.2. The fraction of sp³-hybridized carbons (Fsp3) is 0.952. The second kappa shape index (κ2) is 6.30. The summed E-state index contributed by atoms with van der Waals surface area (Å²) in [6, 6.07) is 0. The maximum atomic E-state index is 11.6. The molecule has 10 unspecified atom stereocenters. The van der Waals surface area contributed by atoms with Gasteiger partial charge < -0.3 is 9.47 Å². The predicted molar refractivity (Wildman–Crippen MR) is 93.3 cm³/mol. The minimum Gasteiger partial charge on any atom is -0.462 e. The van der Waals surface area contributed by atoms with Gasteiger partial charge in [-0.2, -0.15) is 0 Å². The smallest absolute Gasteiger partial charge is 0.302 e. The molecule has 0 saturated heterocycles. The molecule has 3 heteroatoms. The number of carbonyl (C=O) groups is 1. The van der Waals surface area contributed by atoms with Crippen molar-refractivity contribution >= 4 is 5.97 Å². The van der Waals surface area contributed by atoms with E-state index in [4.69, 9.17) is 9.47 Å². The molecule has 10 atom stereocenters. The first kappa shape index (κ1) is 16.9. The summed E-state index contributed by atoms with van der Waals surface area (Å²) in [6.07, 6.45) is 6.30. The van der Waals surface area contributed by atoms with Crippen LogP contribution in [0.25, 0.3) is 0 Å². The first-order chi connectivity index (χ1) is 11.5. The zero-order chi connectivity index (χ0) is 17.0. The highest BCUT2D eigenvalue weighted by Crippen LogP contribution is 2.71. The van der Waals surface area contributed by atoms with Crippen LogP contribution in [-0.4, -0.2) is 25.8 Å². The lowest BCUT2D eigenvalue weighted by atomic mass is 9.61. The molecule has 4 aliphatic carbocycles. The number of hydrogen-bond acceptors (Lipinski definition) is 3. The molecule has 0 spiro atoms. The molecule has 4 bridgehead atoms. The third-order valence-electron chi connectivity index (χ3n) is 8.53. The number of esters is 1. The summed E-state index contributed by atoms with van der Waals surface area (Å²) in [5.74, 6) is 7.94. The molecule has 0 amide bonds. The van der Waals surface area contributed by atoms with Crippen LogP contribution in [0.1, 0.15) is 52.9 Å². The molecule has 0 radical (unpaired) electrons. The Kier molecular flexibility index (Phi) is 4.43. The van der Waals surface area contributed by atoms with Gasteiger partial charge in [0.1, 0.15) is 6.10 Å². The van der Waals surface area contributed by atoms with Crippen molar-refractivity contribution in [2.24, 2.45) is 53.3 Å². The van der Waals surface area contributed by atoms with E-state index in [0.717, 1.165) is 66.8 Å². The number of rotatable bonds is 6. The van der Waals surface area contributed by atoms with E-state index in [-0.39, 0.29) is 12.1 Å². The highest BCUT2D eigenvalue weighted by Gasteiger charge is 2.66. The summed E-state index contributed by atoms with van der Waals surface area (Å²) < 4.78 is 11.0. The largest absolute Gasteiger partial charge is 0.462 e. The van der Waals surface area contributed by atoms with Gasteiger partial charge in [0.2, 0.25) is 0 Å². The van der Waals surface area contributed by atoms with E-state index < -0.39 is 0 Å². The van der Waals surface area contributed by atoms with Crippen LogP contribution in [0.15, 0.2) is 0 Å². The summed E-state index contributed by atoms with van der Waals surface area (Å²) in [5.41, 5.74) is 0. The Labute approximate surface area is 146 Å². The molecule has 4 rings (SSSR count). The third-order valence-corrected chi connectivity index (χ3v) is 8.53. The Hall–Kier alpha value is -0.570. The second-order valence-corrected chi connectivity index (χ2v) is 9.28. The average Bonchev–Trinajstić information content (AvgIpc) is 3.26. The molecule has 24 heavy (non-hydrogen) atoms. The summed E-state index contributed by atoms with van der Waals surface area (Å²) in [5, 5.41) is 0. The molecule has 0 aromatic rings. The number of fused-ring (bicyclic) bond motifs is 9. The van der Waals surface area contributed by atoms with Gasteiger partial charge in [-0.15, -0.1) is 0 Å². The van der Waals surface area contributed by atoms with E-state index in [2.05, 4.69) is 13.8 Å². The van der Waals surface area contributed by atoms with Crippen LogP contribution in [0.3, 0.4) is 0 Å². The van der Waals surface area contributed by atoms with Crippen LogP contribution in [0, 0.1) is 53.3 Å². The van der Waals surface area contributed by atoms with Gasteiger partial charge in [-0.25, -0.2) is 0 Å². The quantitative estimate of drug-likeness (QED) is 0.416. The zero-order valence-electron chi connectivity index (χ0n) is 15.7. The van der Waals surface area contributed by atoms with Crippen LogP contribution in [0.5, 0.6) is 0 Å². The molecule has 4 fully saturated rings. The van der Waals surface area contributed by atoms with E-state index in [9.17, 15) is 4.79 Å². The first-order valence-corrected chi connectivity index (χ1v) is 10.2. The van der Waals surface area contributed by atoms with Crippen molar-refractivity contribution < 1.29 is 14.3 Å². The Morgan fingerprint density at radius 1 is 1.04 bits per heavy atom. The monoisotopic (exact) mass is 334 g/mol. The summed E-state index contributed by atoms with van der Waals surface area (Å²) in [7, 11) is 1.75. The highest BCUT2D eigenvalue weighted by molar-refractivity contribution is 5.66. The molecule has 136 valence electrons. The number of ether oxygens (including phenoxy) is 2. The van der Waals surface area contributed by atoms with Gasteiger partial charge in [0.05, 0.1) is 0 Å². The minimum atomic E-state index is -0.105. The number of carbonyl (C=O) groups excluding carboxylic acids is 1. The molecule has 0 N–H and O–H groups in total. The van der Waals surface area contributed by atoms with Crippen molar-refractivity contribution in [3.63, 3.8) is 0 Å². The molecule has 4 saturated carbocycles. The van der Waals surface area contributed by atoms with Gasteiger partial charge in [0.25, 0.3) is 0 Å². The lowest BCUT2D eigenvalue weighted by Gasteiger charge is -2.45. The third kappa shape index (κ3) is 2.45. The van der Waals surface area contributed by atoms with Crippen molar-refractivity contribution in [2.45, 2.75) is 59.0 Å². The van der Waals surface area contributed by atoms with E-state index in [1.807, 2.05) is 0 Å². The normalized spacial score (nSPS) is 49.4. The van der Waals surface area contributed by atoms with Crippen LogP contribution in [0.2, 0.25) is 0 Å². The molecule has 0 aromatic carbocycles. The molecular formula is C21H34O3. The van der Waals surface area contributed by atoms with Gasteiger partial charge >= 0.3 is 5.97 Å². The minimum absolute atomic E-state index is 0.105. The Balaban J connectivity index is 1.49. The van der Waals surface area contributed by atoms with Gasteiger partial charge in [-0.3, -0.25) is 4.79 Å². The van der Waals surface area contributed by atoms with Gasteiger partial charge in [0, 0.05) is 20.6 Å². The predicted octanol–water partition coefficient (Wildman–Crippen LogP) is 4.16. The maximum absolute atomic E-state index is 11.6. The second-order valence-electron chi connectivity index (χ2n) is 9.28. The van der Waals surface area contributed by atoms with Crippen LogP contribution < -0.4 is 0 Å². The highest BCUT2D eigenvalue weighted by atomic mass is 16.5. The standard InChI is InChI=1S/C21H34O3/c1-11-12(2)16-10-15(11)20-14-8-17(18(9-14)21(16)20)19(24-13(3)22)6-5-7-23-4/h11-12,14-21H,5-10H2,1-4H3. The molecule has 3 nitrogen and oxygen atoms in total. The van der Waals surface area contributed by atoms with Gasteiger partial charge in [0.15, 0.2) is 0 Å². The summed E-state index contributed by atoms with van der Waals surface area (Å²) in [4.78, 5) is 11.6. The zero-order valence-corrected chi connectivity index (χ0v) is 15.7. The maximum Gasteiger partial charge on any atom is 0.302 e. The van der Waals surface area contributed by atoms with Crippen molar-refractivity contribution in [3.05, 3.63) is 0 Å². The lowest BCUT2D eigenvalue weighted by Crippen LogP contribution is -2.42. The summed E-state index contributed by atoms with van der Waals surface area (Å²) in [6.45, 7) is 7.33. The molecule has 0 heterocycles. The summed E-state index contributed by atoms with van der Waals surface area (Å²) >= 11 is 0. The molecular weight excluding hydrogens is 300 g/mol. The van der Waals surface area contributed by atoms with Crippen LogP contribution in [-0.2, 0) is 14.3 Å². The van der Waals surface area contributed by atoms with E-state index in [1.165, 1.54) is 19.3 Å². The van der Waals surface area contributed by atoms with Crippen molar-refractivity contribution in [1.29, 1.82) is 0 Å². The Morgan fingerprint density at radius 2 is 1.75 bits per heavy atom. The topological polar surface area (TPSA) is 35.5 Å². The Bertz CT molecular complexity index is 489. The lowest BCUT2D eigenvalue weighted by molar-refractivity contribution is -0.152. The fourth-order valence-corrected chi connectivity index (χ4v) is 7.71. The fourth-order valence-electron chi connectivity index (χ4n) is 7.71. The van der Waals surface area contributed by atoms with Crippen LogP contribution >= 0.6 is 0 Å². The van der Waals surface area contributed by atoms with E-state index in [1.54, 1.807) is 14.0 Å². The van der Waals surface area contributed by atoms with E-state index in [0.29, 0.717) is 5.92 Å². The molecule has 4 aliphatic rings. The average molecular weight is 334 g/mol. The van der Waals surface area contributed by atoms with Gasteiger partial charge in [-0.1, -0.05) is 13.8 Å². The molecule has 0 aliphatic heterocycles. The Morgan fingerprint density at radius 3 is 2.42 bits per heavy atom. The van der Waals surface area contributed by atoms with Crippen LogP contribution in [0.4, 0.5) is 0 Å². The van der Waals surface area contributed by atoms with Crippen molar-refractivity contribution in [1.82, 2.24) is 0 Å². The van der Waals surface area contributed by atoms with E-state index >= 15 is 0 Å². The number of methoxy groups -OCH3 is 1. The molecule has 0 aromatic heterocycles. The van der Waals surface area contributed by atoms with Crippen molar-refractivity contribution in [3.8, 4) is 0 Å². The van der Waals surface area contributed by atoms with Gasteiger partial charge in [-0.05, 0) is 85.4 Å². The van der Waals surface area contributed by atoms with Crippen molar-refractivity contribution in [2.75, 3.05) is 13.7 Å². The number of hydrogen-bond donors (Lipinski definition) is 0. The SMILES string of the molecule is COCCCC(OC(C)=O)C1CC2CC1C1C3CC(C(C)C3C)C21.